The average Bonchev–Trinajstić information content (AvgIpc) is 3.49. The van der Waals surface area contributed by atoms with Crippen molar-refractivity contribution in [3.63, 3.8) is 0 Å². The van der Waals surface area contributed by atoms with Crippen molar-refractivity contribution in [3.8, 4) is 0 Å². The SMILES string of the molecule is CCc1cccc(CNCC(O)C(Cc2cc(F)cc(F)c2)NC(=O)c2cccc(NS(=O)(=O)c3nccs3)c2)c1. The van der Waals surface area contributed by atoms with Crippen LogP contribution >= 0.6 is 11.3 Å². The first kappa shape index (κ1) is 30.3. The molecule has 0 aliphatic carbocycles. The van der Waals surface area contributed by atoms with Crippen molar-refractivity contribution < 1.29 is 27.1 Å². The van der Waals surface area contributed by atoms with Crippen LogP contribution < -0.4 is 15.4 Å². The number of nitrogens with one attached hydrogen (secondary N) is 3. The van der Waals surface area contributed by atoms with Gasteiger partial charge in [0.25, 0.3) is 15.9 Å². The number of aryl methyl sites for hydroxylation is 1. The smallest absolute Gasteiger partial charge is 0.289 e. The molecule has 0 bridgehead atoms. The van der Waals surface area contributed by atoms with Crippen LogP contribution in [0.5, 0.6) is 0 Å². The van der Waals surface area contributed by atoms with Gasteiger partial charge in [0.15, 0.2) is 0 Å². The van der Waals surface area contributed by atoms with Gasteiger partial charge in [-0.2, -0.15) is 8.42 Å². The number of thiazole rings is 1. The highest BCUT2D eigenvalue weighted by Crippen LogP contribution is 2.19. The molecule has 0 fully saturated rings. The van der Waals surface area contributed by atoms with Gasteiger partial charge < -0.3 is 15.7 Å². The maximum absolute atomic E-state index is 13.9. The van der Waals surface area contributed by atoms with Crippen LogP contribution in [-0.2, 0) is 29.4 Å². The van der Waals surface area contributed by atoms with Gasteiger partial charge >= 0.3 is 0 Å². The van der Waals surface area contributed by atoms with Crippen LogP contribution in [0.25, 0.3) is 0 Å². The van der Waals surface area contributed by atoms with E-state index in [1.165, 1.54) is 41.4 Å². The van der Waals surface area contributed by atoms with Crippen LogP contribution in [0, 0.1) is 11.6 Å². The number of anilines is 1. The second kappa shape index (κ2) is 13.8. The molecule has 4 N–H and O–H groups in total. The first-order valence-corrected chi connectivity index (χ1v) is 15.2. The number of hydrogen-bond acceptors (Lipinski definition) is 7. The molecule has 4 aromatic rings. The fraction of sp³-hybridized carbons (Fsp3) is 0.241. The van der Waals surface area contributed by atoms with Gasteiger partial charge in [-0.3, -0.25) is 9.52 Å². The van der Waals surface area contributed by atoms with Crippen LogP contribution in [0.15, 0.2) is 82.6 Å². The molecule has 1 heterocycles. The zero-order valence-electron chi connectivity index (χ0n) is 22.2. The maximum atomic E-state index is 13.9. The van der Waals surface area contributed by atoms with Gasteiger partial charge in [0.2, 0.25) is 4.34 Å². The zero-order valence-corrected chi connectivity index (χ0v) is 23.8. The molecule has 0 spiro atoms. The topological polar surface area (TPSA) is 120 Å². The predicted octanol–water partition coefficient (Wildman–Crippen LogP) is 4.28. The van der Waals surface area contributed by atoms with Crippen LogP contribution in [0.2, 0.25) is 0 Å². The maximum Gasteiger partial charge on any atom is 0.289 e. The third-order valence-electron chi connectivity index (χ3n) is 6.26. The number of aliphatic hydroxyl groups excluding tert-OH is 1. The average molecular weight is 601 g/mol. The number of sulfonamides is 1. The summed E-state index contributed by atoms with van der Waals surface area (Å²) in [4.78, 5) is 17.0. The summed E-state index contributed by atoms with van der Waals surface area (Å²) in [7, 11) is -3.93. The summed E-state index contributed by atoms with van der Waals surface area (Å²) in [6.45, 7) is 2.62. The largest absolute Gasteiger partial charge is 0.390 e. The van der Waals surface area contributed by atoms with E-state index in [4.69, 9.17) is 0 Å². The van der Waals surface area contributed by atoms with Crippen LogP contribution in [0.4, 0.5) is 14.5 Å². The highest BCUT2D eigenvalue weighted by molar-refractivity contribution is 7.94. The van der Waals surface area contributed by atoms with E-state index >= 15 is 0 Å². The molecule has 2 unspecified atom stereocenters. The zero-order chi connectivity index (χ0) is 29.4. The fourth-order valence-electron chi connectivity index (χ4n) is 4.25. The lowest BCUT2D eigenvalue weighted by molar-refractivity contribution is 0.0830. The van der Waals surface area contributed by atoms with Crippen LogP contribution in [0.1, 0.15) is 34.0 Å². The predicted molar refractivity (Wildman–Crippen MR) is 154 cm³/mol. The van der Waals surface area contributed by atoms with Gasteiger partial charge in [0.1, 0.15) is 11.6 Å². The van der Waals surface area contributed by atoms with Crippen molar-refractivity contribution in [2.45, 2.75) is 42.8 Å². The number of aliphatic hydroxyl groups is 1. The minimum atomic E-state index is -3.93. The summed E-state index contributed by atoms with van der Waals surface area (Å²) >= 11 is 0.953. The van der Waals surface area contributed by atoms with E-state index in [2.05, 4.69) is 33.3 Å². The summed E-state index contributed by atoms with van der Waals surface area (Å²) in [6, 6.07) is 16.0. The fourth-order valence-corrected chi connectivity index (χ4v) is 6.13. The second-order valence-electron chi connectivity index (χ2n) is 9.42. The summed E-state index contributed by atoms with van der Waals surface area (Å²) in [6.07, 6.45) is 1.09. The van der Waals surface area contributed by atoms with Gasteiger partial charge in [0, 0.05) is 42.0 Å². The van der Waals surface area contributed by atoms with Crippen molar-refractivity contribution in [2.75, 3.05) is 11.3 Å². The molecule has 1 amide bonds. The summed E-state index contributed by atoms with van der Waals surface area (Å²) in [5, 5.41) is 18.5. The van der Waals surface area contributed by atoms with E-state index in [0.717, 1.165) is 41.5 Å². The van der Waals surface area contributed by atoms with E-state index in [9.17, 15) is 27.1 Å². The van der Waals surface area contributed by atoms with Crippen molar-refractivity contribution in [2.24, 2.45) is 0 Å². The Kier molecular flexibility index (Phi) is 10.2. The molecule has 0 aliphatic rings. The van der Waals surface area contributed by atoms with Crippen molar-refractivity contribution in [1.82, 2.24) is 15.6 Å². The molecular formula is C29H30F2N4O4S2. The van der Waals surface area contributed by atoms with E-state index in [-0.39, 0.29) is 34.1 Å². The minimum absolute atomic E-state index is 0.0506. The van der Waals surface area contributed by atoms with E-state index < -0.39 is 39.7 Å². The molecule has 0 aliphatic heterocycles. The molecule has 41 heavy (non-hydrogen) atoms. The number of amides is 1. The minimum Gasteiger partial charge on any atom is -0.390 e. The Balaban J connectivity index is 1.48. The Labute approximate surface area is 241 Å². The summed E-state index contributed by atoms with van der Waals surface area (Å²) in [5.41, 5.74) is 2.73. The Morgan fingerprint density at radius 1 is 1.00 bits per heavy atom. The van der Waals surface area contributed by atoms with Crippen molar-refractivity contribution >= 4 is 33.0 Å². The molecule has 0 saturated heterocycles. The summed E-state index contributed by atoms with van der Waals surface area (Å²) < 4.78 is 55.1. The lowest BCUT2D eigenvalue weighted by Gasteiger charge is -2.25. The molecule has 3 aromatic carbocycles. The third-order valence-corrected chi connectivity index (χ3v) is 8.84. The molecule has 8 nitrogen and oxygen atoms in total. The number of benzene rings is 3. The third kappa shape index (κ3) is 8.64. The number of carbonyl (C=O) groups excluding carboxylic acids is 1. The van der Waals surface area contributed by atoms with Gasteiger partial charge in [-0.1, -0.05) is 37.3 Å². The highest BCUT2D eigenvalue weighted by Gasteiger charge is 2.24. The second-order valence-corrected chi connectivity index (χ2v) is 12.2. The number of nitrogens with zero attached hydrogens (tertiary/aromatic N) is 1. The molecule has 0 radical (unpaired) electrons. The normalized spacial score (nSPS) is 13.0. The standard InChI is InChI=1S/C29H30F2N4O4S2/c1-2-19-5-3-6-20(11-19)17-32-18-27(36)26(14-21-12-23(30)16-24(31)13-21)34-28(37)22-7-4-8-25(15-22)35-41(38,39)29-33-9-10-40-29/h3-13,15-16,26-27,32,35-36H,2,14,17-18H2,1H3,(H,34,37). The molecule has 12 heteroatoms. The molecule has 1 aromatic heterocycles. The lowest BCUT2D eigenvalue weighted by Crippen LogP contribution is -2.48. The monoisotopic (exact) mass is 600 g/mol. The van der Waals surface area contributed by atoms with Crippen LogP contribution in [0.3, 0.4) is 0 Å². The number of carbonyl (C=O) groups is 1. The lowest BCUT2D eigenvalue weighted by atomic mass is 10.00. The molecule has 0 saturated carbocycles. The number of rotatable bonds is 13. The van der Waals surface area contributed by atoms with Gasteiger partial charge in [0.05, 0.1) is 12.1 Å². The Hall–Kier alpha value is -3.71. The molecule has 4 rings (SSSR count). The number of hydrogen-bond donors (Lipinski definition) is 4. The van der Waals surface area contributed by atoms with E-state index in [0.29, 0.717) is 6.54 Å². The van der Waals surface area contributed by atoms with Gasteiger partial charge in [-0.05, 0) is 59.9 Å². The Bertz CT molecular complexity index is 1560. The highest BCUT2D eigenvalue weighted by atomic mass is 32.2. The van der Waals surface area contributed by atoms with Crippen LogP contribution in [-0.4, -0.2) is 43.1 Å². The molecule has 216 valence electrons. The van der Waals surface area contributed by atoms with Gasteiger partial charge in [-0.25, -0.2) is 13.8 Å². The van der Waals surface area contributed by atoms with E-state index in [1.807, 2.05) is 18.2 Å². The first-order valence-electron chi connectivity index (χ1n) is 12.9. The van der Waals surface area contributed by atoms with E-state index in [1.54, 1.807) is 0 Å². The number of halogens is 2. The van der Waals surface area contributed by atoms with Gasteiger partial charge in [-0.15, -0.1) is 11.3 Å². The first-order chi connectivity index (χ1) is 19.6. The van der Waals surface area contributed by atoms with Crippen molar-refractivity contribution in [1.29, 1.82) is 0 Å². The quantitative estimate of drug-likeness (QED) is 0.182. The molecular weight excluding hydrogens is 570 g/mol. The number of aromatic nitrogens is 1. The Morgan fingerprint density at radius 2 is 1.73 bits per heavy atom. The summed E-state index contributed by atoms with van der Waals surface area (Å²) in [5.74, 6) is -2.14. The molecule has 2 atom stereocenters. The Morgan fingerprint density at radius 3 is 2.44 bits per heavy atom. The van der Waals surface area contributed by atoms with Crippen molar-refractivity contribution in [3.05, 3.63) is 112 Å².